The van der Waals surface area contributed by atoms with E-state index in [1.165, 1.54) is 12.1 Å². The van der Waals surface area contributed by atoms with Crippen LogP contribution in [0.25, 0.3) is 16.8 Å². The Balaban J connectivity index is 1.70. The highest BCUT2D eigenvalue weighted by atomic mass is 19.4. The molecule has 4 nitrogen and oxygen atoms in total. The van der Waals surface area contributed by atoms with E-state index in [2.05, 4.69) is 10.2 Å². The van der Waals surface area contributed by atoms with Gasteiger partial charge in [0.05, 0.1) is 5.56 Å². The normalized spacial score (nSPS) is 16.4. The van der Waals surface area contributed by atoms with Crippen LogP contribution in [-0.4, -0.2) is 27.8 Å². The van der Waals surface area contributed by atoms with Crippen molar-refractivity contribution >= 4 is 5.65 Å². The lowest BCUT2D eigenvalue weighted by Gasteiger charge is -2.20. The first-order chi connectivity index (χ1) is 12.0. The smallest absolute Gasteiger partial charge is 0.381 e. The van der Waals surface area contributed by atoms with E-state index in [0.29, 0.717) is 13.2 Å². The zero-order chi connectivity index (χ0) is 17.4. The van der Waals surface area contributed by atoms with E-state index in [9.17, 15) is 13.2 Å². The van der Waals surface area contributed by atoms with E-state index in [0.717, 1.165) is 47.6 Å². The molecule has 0 atom stereocenters. The van der Waals surface area contributed by atoms with Crippen LogP contribution in [0, 0.1) is 0 Å². The molecule has 1 aliphatic rings. The molecule has 130 valence electrons. The summed E-state index contributed by atoms with van der Waals surface area (Å²) in [5, 5.41) is 8.51. The molecule has 3 aromatic rings. The maximum absolute atomic E-state index is 12.7. The van der Waals surface area contributed by atoms with Gasteiger partial charge < -0.3 is 4.74 Å². The number of hydrogen-bond acceptors (Lipinski definition) is 3. The Bertz CT molecular complexity index is 881. The first-order valence-electron chi connectivity index (χ1n) is 8.12. The van der Waals surface area contributed by atoms with Crippen molar-refractivity contribution in [2.24, 2.45) is 0 Å². The standard InChI is InChI=1S/C18H16F3N3O/c19-18(20,21)15-4-1-12(2-5-15)14-3-6-16-22-23-17(24(16)11-14)13-7-9-25-10-8-13/h1-6,11,13H,7-10H2. The predicted molar refractivity (Wildman–Crippen MR) is 86.2 cm³/mol. The maximum Gasteiger partial charge on any atom is 0.416 e. The molecule has 0 radical (unpaired) electrons. The molecule has 0 spiro atoms. The average Bonchev–Trinajstić information content (AvgIpc) is 3.05. The minimum Gasteiger partial charge on any atom is -0.381 e. The fourth-order valence-corrected chi connectivity index (χ4v) is 3.17. The van der Waals surface area contributed by atoms with Crippen LogP contribution in [0.2, 0.25) is 0 Å². The molecule has 3 heterocycles. The molecule has 0 bridgehead atoms. The van der Waals surface area contributed by atoms with Crippen molar-refractivity contribution in [2.75, 3.05) is 13.2 Å². The second-order valence-electron chi connectivity index (χ2n) is 6.17. The summed E-state index contributed by atoms with van der Waals surface area (Å²) in [4.78, 5) is 0. The molecular weight excluding hydrogens is 331 g/mol. The van der Waals surface area contributed by atoms with Crippen molar-refractivity contribution < 1.29 is 17.9 Å². The SMILES string of the molecule is FC(F)(F)c1ccc(-c2ccc3nnc(C4CCOCC4)n3c2)cc1. The summed E-state index contributed by atoms with van der Waals surface area (Å²) < 4.78 is 45.5. The van der Waals surface area contributed by atoms with Gasteiger partial charge in [-0.3, -0.25) is 4.40 Å². The molecule has 2 aromatic heterocycles. The lowest BCUT2D eigenvalue weighted by atomic mass is 9.99. The Morgan fingerprint density at radius 1 is 0.920 bits per heavy atom. The van der Waals surface area contributed by atoms with Gasteiger partial charge >= 0.3 is 6.18 Å². The molecule has 1 saturated heterocycles. The Hall–Kier alpha value is -2.41. The van der Waals surface area contributed by atoms with Crippen LogP contribution >= 0.6 is 0 Å². The molecule has 0 saturated carbocycles. The zero-order valence-corrected chi connectivity index (χ0v) is 13.3. The number of ether oxygens (including phenoxy) is 1. The molecule has 0 amide bonds. The van der Waals surface area contributed by atoms with Gasteiger partial charge in [0, 0.05) is 25.3 Å². The number of nitrogens with zero attached hydrogens (tertiary/aromatic N) is 3. The van der Waals surface area contributed by atoms with Crippen molar-refractivity contribution in [3.8, 4) is 11.1 Å². The quantitative estimate of drug-likeness (QED) is 0.693. The second-order valence-corrected chi connectivity index (χ2v) is 6.17. The van der Waals surface area contributed by atoms with E-state index in [1.807, 2.05) is 22.7 Å². The number of rotatable bonds is 2. The van der Waals surface area contributed by atoms with Crippen LogP contribution in [0.15, 0.2) is 42.6 Å². The summed E-state index contributed by atoms with van der Waals surface area (Å²) in [5.41, 5.74) is 1.64. The van der Waals surface area contributed by atoms with Gasteiger partial charge in [-0.05, 0) is 48.2 Å². The highest BCUT2D eigenvalue weighted by Crippen LogP contribution is 2.31. The molecule has 25 heavy (non-hydrogen) atoms. The van der Waals surface area contributed by atoms with Gasteiger partial charge in [0.25, 0.3) is 0 Å². The number of pyridine rings is 1. The minimum absolute atomic E-state index is 0.284. The fourth-order valence-electron chi connectivity index (χ4n) is 3.17. The highest BCUT2D eigenvalue weighted by molar-refractivity contribution is 5.65. The van der Waals surface area contributed by atoms with Crippen molar-refractivity contribution in [3.05, 3.63) is 54.0 Å². The van der Waals surface area contributed by atoms with Crippen molar-refractivity contribution in [1.82, 2.24) is 14.6 Å². The van der Waals surface area contributed by atoms with E-state index >= 15 is 0 Å². The van der Waals surface area contributed by atoms with Crippen molar-refractivity contribution in [2.45, 2.75) is 24.9 Å². The summed E-state index contributed by atoms with van der Waals surface area (Å²) >= 11 is 0. The van der Waals surface area contributed by atoms with Gasteiger partial charge in [0.2, 0.25) is 0 Å². The molecule has 7 heteroatoms. The number of alkyl halides is 3. The summed E-state index contributed by atoms with van der Waals surface area (Å²) in [6.07, 6.45) is -0.647. The number of aromatic nitrogens is 3. The number of halogens is 3. The van der Waals surface area contributed by atoms with E-state index in [4.69, 9.17) is 4.74 Å². The summed E-state index contributed by atoms with van der Waals surface area (Å²) in [7, 11) is 0. The molecule has 0 N–H and O–H groups in total. The van der Waals surface area contributed by atoms with Gasteiger partial charge in [0.1, 0.15) is 5.82 Å². The monoisotopic (exact) mass is 347 g/mol. The van der Waals surface area contributed by atoms with Gasteiger partial charge in [0.15, 0.2) is 5.65 Å². The van der Waals surface area contributed by atoms with E-state index in [-0.39, 0.29) is 5.92 Å². The maximum atomic E-state index is 12.7. The third kappa shape index (κ3) is 3.11. The second kappa shape index (κ2) is 6.15. The topological polar surface area (TPSA) is 39.4 Å². The Morgan fingerprint density at radius 2 is 1.60 bits per heavy atom. The third-order valence-electron chi connectivity index (χ3n) is 4.56. The molecular formula is C18H16F3N3O. The molecule has 0 aliphatic carbocycles. The van der Waals surface area contributed by atoms with Crippen LogP contribution in [0.4, 0.5) is 13.2 Å². The first kappa shape index (κ1) is 16.1. The van der Waals surface area contributed by atoms with Crippen LogP contribution in [0.1, 0.15) is 30.1 Å². The van der Waals surface area contributed by atoms with Crippen molar-refractivity contribution in [1.29, 1.82) is 0 Å². The molecule has 1 aromatic carbocycles. The van der Waals surface area contributed by atoms with Crippen LogP contribution in [0.5, 0.6) is 0 Å². The van der Waals surface area contributed by atoms with Crippen LogP contribution in [0.3, 0.4) is 0 Å². The third-order valence-corrected chi connectivity index (χ3v) is 4.56. The lowest BCUT2D eigenvalue weighted by Crippen LogP contribution is -2.16. The average molecular weight is 347 g/mol. The van der Waals surface area contributed by atoms with Crippen LogP contribution < -0.4 is 0 Å². The molecule has 4 rings (SSSR count). The largest absolute Gasteiger partial charge is 0.416 e. The Kier molecular flexibility index (Phi) is 3.95. The minimum atomic E-state index is -4.33. The molecule has 0 unspecified atom stereocenters. The number of fused-ring (bicyclic) bond motifs is 1. The van der Waals surface area contributed by atoms with Gasteiger partial charge in [-0.2, -0.15) is 13.2 Å². The van der Waals surface area contributed by atoms with Crippen molar-refractivity contribution in [3.63, 3.8) is 0 Å². The number of benzene rings is 1. The first-order valence-corrected chi connectivity index (χ1v) is 8.12. The highest BCUT2D eigenvalue weighted by Gasteiger charge is 2.30. The Labute approximate surface area is 142 Å². The van der Waals surface area contributed by atoms with Gasteiger partial charge in [-0.25, -0.2) is 0 Å². The Morgan fingerprint density at radius 3 is 2.28 bits per heavy atom. The molecule has 1 aliphatic heterocycles. The summed E-state index contributed by atoms with van der Waals surface area (Å²) in [6.45, 7) is 1.41. The molecule has 1 fully saturated rings. The lowest BCUT2D eigenvalue weighted by molar-refractivity contribution is -0.137. The zero-order valence-electron chi connectivity index (χ0n) is 13.3. The predicted octanol–water partition coefficient (Wildman–Crippen LogP) is 4.31. The van der Waals surface area contributed by atoms with Gasteiger partial charge in [-0.1, -0.05) is 12.1 Å². The van der Waals surface area contributed by atoms with E-state index < -0.39 is 11.7 Å². The van der Waals surface area contributed by atoms with E-state index in [1.54, 1.807) is 0 Å². The van der Waals surface area contributed by atoms with Gasteiger partial charge in [-0.15, -0.1) is 10.2 Å². The number of hydrogen-bond donors (Lipinski definition) is 0. The van der Waals surface area contributed by atoms with Crippen LogP contribution in [-0.2, 0) is 10.9 Å². The summed E-state index contributed by atoms with van der Waals surface area (Å²) in [6, 6.07) is 8.87. The fraction of sp³-hybridized carbons (Fsp3) is 0.333. The summed E-state index contributed by atoms with van der Waals surface area (Å²) in [5.74, 6) is 1.17.